The highest BCUT2D eigenvalue weighted by molar-refractivity contribution is 5.25. The smallest absolute Gasteiger partial charge is 0.201 e. The van der Waals surface area contributed by atoms with Gasteiger partial charge in [-0.2, -0.15) is 0 Å². The molecule has 3 fully saturated rings. The number of hydrogen-bond donors (Lipinski definition) is 1. The van der Waals surface area contributed by atoms with Crippen molar-refractivity contribution in [3.05, 3.63) is 0 Å². The molecule has 3 rings (SSSR count). The van der Waals surface area contributed by atoms with E-state index < -0.39 is 17.5 Å². The first-order valence-electron chi connectivity index (χ1n) is 6.60. The van der Waals surface area contributed by atoms with Gasteiger partial charge in [0.05, 0.1) is 25.2 Å². The number of fused-ring (bicyclic) bond motifs is 2. The highest BCUT2D eigenvalue weighted by Crippen LogP contribution is 2.65. The molecule has 0 radical (unpaired) electrons. The fourth-order valence-electron chi connectivity index (χ4n) is 4.42. The Hall–Kier alpha value is -0.600. The Kier molecular flexibility index (Phi) is 2.73. The van der Waals surface area contributed by atoms with Crippen LogP contribution in [-0.4, -0.2) is 42.9 Å². The van der Waals surface area contributed by atoms with Crippen molar-refractivity contribution in [3.8, 4) is 12.3 Å². The monoisotopic (exact) mass is 252 g/mol. The molecule has 0 aromatic heterocycles. The van der Waals surface area contributed by atoms with Crippen LogP contribution in [0.1, 0.15) is 19.8 Å². The number of rotatable bonds is 1. The van der Waals surface area contributed by atoms with Crippen molar-refractivity contribution in [2.45, 2.75) is 37.3 Å². The van der Waals surface area contributed by atoms with E-state index in [4.69, 9.17) is 20.6 Å². The fraction of sp³-hybridized carbons (Fsp3) is 0.857. The van der Waals surface area contributed by atoms with Crippen LogP contribution in [0.5, 0.6) is 0 Å². The molecular formula is C14H20O4. The Balaban J connectivity index is 1.99. The van der Waals surface area contributed by atoms with E-state index in [1.165, 1.54) is 0 Å². The van der Waals surface area contributed by atoms with E-state index in [1.807, 2.05) is 0 Å². The zero-order valence-corrected chi connectivity index (χ0v) is 10.9. The van der Waals surface area contributed by atoms with Gasteiger partial charge in [-0.3, -0.25) is 0 Å². The molecule has 0 bridgehead atoms. The standard InChI is InChI=1S/C14H20O4/c1-4-10-11(15)5-6-13(16-3)12(10)9(2)14(13)17-7-8-18-14/h1,9-12,15H,5-8H2,2-3H3. The first-order valence-corrected chi connectivity index (χ1v) is 6.60. The van der Waals surface area contributed by atoms with Crippen molar-refractivity contribution in [1.29, 1.82) is 0 Å². The maximum Gasteiger partial charge on any atom is 0.201 e. The van der Waals surface area contributed by atoms with Crippen LogP contribution >= 0.6 is 0 Å². The van der Waals surface area contributed by atoms with Gasteiger partial charge in [-0.15, -0.1) is 12.3 Å². The van der Waals surface area contributed by atoms with E-state index in [-0.39, 0.29) is 17.8 Å². The normalized spacial score (nSPS) is 49.4. The number of ether oxygens (including phenoxy) is 3. The Labute approximate surface area is 108 Å². The molecule has 5 atom stereocenters. The minimum atomic E-state index is -0.651. The van der Waals surface area contributed by atoms with Crippen molar-refractivity contribution in [2.24, 2.45) is 17.8 Å². The van der Waals surface area contributed by atoms with Gasteiger partial charge in [0, 0.05) is 18.9 Å². The van der Waals surface area contributed by atoms with Crippen LogP contribution in [0.2, 0.25) is 0 Å². The molecule has 2 saturated carbocycles. The summed E-state index contributed by atoms with van der Waals surface area (Å²) in [5, 5.41) is 10.1. The van der Waals surface area contributed by atoms with E-state index in [2.05, 4.69) is 12.8 Å². The van der Waals surface area contributed by atoms with Gasteiger partial charge in [-0.05, 0) is 12.8 Å². The Bertz CT molecular complexity index is 382. The predicted molar refractivity (Wildman–Crippen MR) is 64.6 cm³/mol. The zero-order valence-electron chi connectivity index (χ0n) is 10.9. The molecule has 18 heavy (non-hydrogen) atoms. The summed E-state index contributed by atoms with van der Waals surface area (Å²) in [6.07, 6.45) is 6.53. The molecule has 1 spiro atoms. The SMILES string of the molecule is C#CC1C(O)CCC2(OC)C1C(C)C21OCCO1. The van der Waals surface area contributed by atoms with Crippen molar-refractivity contribution in [2.75, 3.05) is 20.3 Å². The van der Waals surface area contributed by atoms with Gasteiger partial charge in [0.15, 0.2) is 0 Å². The molecule has 1 heterocycles. The molecule has 1 N–H and O–H groups in total. The maximum atomic E-state index is 10.1. The van der Waals surface area contributed by atoms with Gasteiger partial charge in [0.1, 0.15) is 5.60 Å². The summed E-state index contributed by atoms with van der Waals surface area (Å²) in [5.41, 5.74) is -0.487. The first kappa shape index (κ1) is 12.4. The van der Waals surface area contributed by atoms with Crippen LogP contribution in [0, 0.1) is 30.1 Å². The molecule has 0 aromatic rings. The summed E-state index contributed by atoms with van der Waals surface area (Å²) >= 11 is 0. The van der Waals surface area contributed by atoms with E-state index >= 15 is 0 Å². The molecule has 100 valence electrons. The van der Waals surface area contributed by atoms with Gasteiger partial charge in [0.25, 0.3) is 0 Å². The lowest BCUT2D eigenvalue weighted by molar-refractivity contribution is -0.412. The van der Waals surface area contributed by atoms with Gasteiger partial charge >= 0.3 is 0 Å². The average molecular weight is 252 g/mol. The third kappa shape index (κ3) is 1.16. The Morgan fingerprint density at radius 2 is 2.06 bits per heavy atom. The highest BCUT2D eigenvalue weighted by Gasteiger charge is 2.77. The molecule has 2 aliphatic carbocycles. The summed E-state index contributed by atoms with van der Waals surface area (Å²) in [7, 11) is 1.69. The average Bonchev–Trinajstić information content (AvgIpc) is 2.90. The molecule has 4 nitrogen and oxygen atoms in total. The number of hydrogen-bond acceptors (Lipinski definition) is 4. The molecule has 0 amide bonds. The zero-order chi connectivity index (χ0) is 13.0. The maximum absolute atomic E-state index is 10.1. The van der Waals surface area contributed by atoms with Crippen molar-refractivity contribution < 1.29 is 19.3 Å². The van der Waals surface area contributed by atoms with Crippen molar-refractivity contribution in [1.82, 2.24) is 0 Å². The predicted octanol–water partition coefficient (Wildman–Crippen LogP) is 0.785. The van der Waals surface area contributed by atoms with Gasteiger partial charge < -0.3 is 19.3 Å². The van der Waals surface area contributed by atoms with Gasteiger partial charge in [0.2, 0.25) is 5.79 Å². The number of methoxy groups -OCH3 is 1. The first-order chi connectivity index (χ1) is 8.63. The van der Waals surface area contributed by atoms with E-state index in [1.54, 1.807) is 7.11 Å². The second-order valence-electron chi connectivity index (χ2n) is 5.57. The topological polar surface area (TPSA) is 47.9 Å². The minimum Gasteiger partial charge on any atom is -0.392 e. The minimum absolute atomic E-state index is 0.106. The molecule has 4 heteroatoms. The summed E-state index contributed by atoms with van der Waals surface area (Å²) in [4.78, 5) is 0. The van der Waals surface area contributed by atoms with E-state index in [9.17, 15) is 5.11 Å². The van der Waals surface area contributed by atoms with E-state index in [0.29, 0.717) is 19.6 Å². The molecule has 0 aromatic carbocycles. The third-order valence-electron chi connectivity index (χ3n) is 5.15. The van der Waals surface area contributed by atoms with E-state index in [0.717, 1.165) is 6.42 Å². The lowest BCUT2D eigenvalue weighted by Gasteiger charge is -2.67. The van der Waals surface area contributed by atoms with Gasteiger partial charge in [-0.1, -0.05) is 6.92 Å². The molecule has 1 aliphatic heterocycles. The fourth-order valence-corrected chi connectivity index (χ4v) is 4.42. The summed E-state index contributed by atoms with van der Waals surface area (Å²) in [6.45, 7) is 3.28. The second-order valence-corrected chi connectivity index (χ2v) is 5.57. The largest absolute Gasteiger partial charge is 0.392 e. The van der Waals surface area contributed by atoms with Crippen LogP contribution in [-0.2, 0) is 14.2 Å². The second kappa shape index (κ2) is 3.94. The number of terminal acetylenes is 1. The van der Waals surface area contributed by atoms with Crippen molar-refractivity contribution in [3.63, 3.8) is 0 Å². The summed E-state index contributed by atoms with van der Waals surface area (Å²) < 4.78 is 17.6. The summed E-state index contributed by atoms with van der Waals surface area (Å²) in [6, 6.07) is 0. The highest BCUT2D eigenvalue weighted by atomic mass is 16.8. The van der Waals surface area contributed by atoms with Crippen molar-refractivity contribution >= 4 is 0 Å². The molecule has 1 saturated heterocycles. The Morgan fingerprint density at radius 3 is 2.61 bits per heavy atom. The van der Waals surface area contributed by atoms with Crippen LogP contribution in [0.4, 0.5) is 0 Å². The van der Waals surface area contributed by atoms with Crippen LogP contribution in [0.15, 0.2) is 0 Å². The quantitative estimate of drug-likeness (QED) is 0.701. The van der Waals surface area contributed by atoms with Crippen LogP contribution < -0.4 is 0 Å². The lowest BCUT2D eigenvalue weighted by Crippen LogP contribution is -2.79. The molecule has 5 unspecified atom stereocenters. The van der Waals surface area contributed by atoms with Crippen LogP contribution in [0.3, 0.4) is 0 Å². The Morgan fingerprint density at radius 1 is 1.39 bits per heavy atom. The number of aliphatic hydroxyl groups is 1. The van der Waals surface area contributed by atoms with Gasteiger partial charge in [-0.25, -0.2) is 0 Å². The molecule has 3 aliphatic rings. The summed E-state index contributed by atoms with van der Waals surface area (Å²) in [5.74, 6) is 2.17. The number of aliphatic hydroxyl groups excluding tert-OH is 1. The molecular weight excluding hydrogens is 232 g/mol. The van der Waals surface area contributed by atoms with Crippen LogP contribution in [0.25, 0.3) is 0 Å². The third-order valence-corrected chi connectivity index (χ3v) is 5.15. The lowest BCUT2D eigenvalue weighted by atomic mass is 9.47.